The Morgan fingerprint density at radius 2 is 2.36 bits per heavy atom. The van der Waals surface area contributed by atoms with Crippen LogP contribution in [-0.2, 0) is 9.53 Å². The van der Waals surface area contributed by atoms with Gasteiger partial charge in [0.15, 0.2) is 0 Å². The number of hydrogen-bond donors (Lipinski definition) is 2. The molecule has 1 heterocycles. The van der Waals surface area contributed by atoms with Crippen molar-refractivity contribution in [2.75, 3.05) is 26.7 Å². The van der Waals surface area contributed by atoms with E-state index in [1.165, 1.54) is 12.8 Å². The van der Waals surface area contributed by atoms with E-state index in [9.17, 15) is 4.79 Å². The second-order valence-electron chi connectivity index (χ2n) is 3.66. The lowest BCUT2D eigenvalue weighted by Crippen LogP contribution is -2.34. The molecular weight excluding hydrogens is 180 g/mol. The zero-order valence-electron chi connectivity index (χ0n) is 8.84. The van der Waals surface area contributed by atoms with Gasteiger partial charge in [0.1, 0.15) is 0 Å². The molecule has 82 valence electrons. The summed E-state index contributed by atoms with van der Waals surface area (Å²) in [4.78, 5) is 11.1. The van der Waals surface area contributed by atoms with E-state index in [-0.39, 0.29) is 5.91 Å². The minimum Gasteiger partial charge on any atom is -0.378 e. The van der Waals surface area contributed by atoms with Crippen LogP contribution >= 0.6 is 0 Å². The Balaban J connectivity index is 1.99. The molecule has 1 unspecified atom stereocenters. The van der Waals surface area contributed by atoms with E-state index in [1.54, 1.807) is 7.05 Å². The highest BCUT2D eigenvalue weighted by atomic mass is 16.5. The topological polar surface area (TPSA) is 50.4 Å². The average molecular weight is 200 g/mol. The van der Waals surface area contributed by atoms with Crippen LogP contribution in [0.25, 0.3) is 0 Å². The maximum atomic E-state index is 11.1. The number of nitrogens with one attached hydrogen (secondary N) is 2. The third kappa shape index (κ3) is 4.58. The molecule has 0 aliphatic carbocycles. The molecule has 1 amide bonds. The second-order valence-corrected chi connectivity index (χ2v) is 3.66. The lowest BCUT2D eigenvalue weighted by atomic mass is 10.1. The smallest absolute Gasteiger partial charge is 0.233 e. The number of carbonyl (C=O) groups excluding carboxylic acids is 1. The van der Waals surface area contributed by atoms with E-state index in [0.717, 1.165) is 26.0 Å². The summed E-state index contributed by atoms with van der Waals surface area (Å²) in [5.41, 5.74) is 0. The Bertz CT molecular complexity index is 168. The molecule has 4 heteroatoms. The van der Waals surface area contributed by atoms with Gasteiger partial charge in [-0.25, -0.2) is 0 Å². The number of carbonyl (C=O) groups is 1. The third-order valence-corrected chi connectivity index (χ3v) is 2.40. The van der Waals surface area contributed by atoms with Crippen molar-refractivity contribution in [3.63, 3.8) is 0 Å². The molecule has 0 radical (unpaired) electrons. The van der Waals surface area contributed by atoms with Crippen molar-refractivity contribution >= 4 is 5.91 Å². The molecule has 0 aromatic heterocycles. The van der Waals surface area contributed by atoms with Gasteiger partial charge in [0, 0.05) is 13.2 Å². The number of rotatable bonds is 5. The molecule has 1 atom stereocenters. The largest absolute Gasteiger partial charge is 0.378 e. The molecule has 0 saturated carbocycles. The molecule has 2 N–H and O–H groups in total. The van der Waals surface area contributed by atoms with Crippen molar-refractivity contribution in [2.45, 2.75) is 31.8 Å². The molecular formula is C10H20N2O2. The Morgan fingerprint density at radius 3 is 3.00 bits per heavy atom. The van der Waals surface area contributed by atoms with Crippen LogP contribution in [0.15, 0.2) is 0 Å². The first-order valence-corrected chi connectivity index (χ1v) is 5.36. The van der Waals surface area contributed by atoms with E-state index in [2.05, 4.69) is 10.6 Å². The van der Waals surface area contributed by atoms with Crippen LogP contribution in [0.3, 0.4) is 0 Å². The summed E-state index contributed by atoms with van der Waals surface area (Å²) in [5.74, 6) is 0.0586. The highest BCUT2D eigenvalue weighted by Gasteiger charge is 2.13. The van der Waals surface area contributed by atoms with Gasteiger partial charge in [-0.15, -0.1) is 0 Å². The van der Waals surface area contributed by atoms with E-state index in [0.29, 0.717) is 12.6 Å². The lowest BCUT2D eigenvalue weighted by Gasteiger charge is -2.22. The van der Waals surface area contributed by atoms with Crippen LogP contribution in [0.1, 0.15) is 25.7 Å². The molecule has 1 saturated heterocycles. The maximum absolute atomic E-state index is 11.1. The van der Waals surface area contributed by atoms with Crippen molar-refractivity contribution in [1.29, 1.82) is 0 Å². The summed E-state index contributed by atoms with van der Waals surface area (Å²) in [7, 11) is 1.77. The molecule has 4 nitrogen and oxygen atoms in total. The Morgan fingerprint density at radius 1 is 1.50 bits per heavy atom. The van der Waals surface area contributed by atoms with Gasteiger partial charge in [-0.2, -0.15) is 0 Å². The number of hydrogen-bond acceptors (Lipinski definition) is 3. The fourth-order valence-corrected chi connectivity index (χ4v) is 1.63. The number of amides is 1. The van der Waals surface area contributed by atoms with Crippen LogP contribution in [0.2, 0.25) is 0 Å². The zero-order chi connectivity index (χ0) is 10.2. The van der Waals surface area contributed by atoms with Gasteiger partial charge in [-0.05, 0) is 32.7 Å². The van der Waals surface area contributed by atoms with Gasteiger partial charge in [0.25, 0.3) is 0 Å². The molecule has 1 fully saturated rings. The molecule has 0 aromatic rings. The molecule has 1 aliphatic rings. The SMILES string of the molecule is CNCC(=O)NCCC1CCCCO1. The highest BCUT2D eigenvalue weighted by molar-refractivity contribution is 5.77. The normalized spacial score (nSPS) is 21.9. The van der Waals surface area contributed by atoms with Crippen LogP contribution in [0.5, 0.6) is 0 Å². The predicted octanol–water partition coefficient (Wildman–Crippen LogP) is 0.281. The van der Waals surface area contributed by atoms with Gasteiger partial charge in [-0.3, -0.25) is 4.79 Å². The monoisotopic (exact) mass is 200 g/mol. The minimum absolute atomic E-state index is 0.0586. The summed E-state index contributed by atoms with van der Waals surface area (Å²) in [6, 6.07) is 0. The Kier molecular flexibility index (Phi) is 5.56. The van der Waals surface area contributed by atoms with Crippen LogP contribution in [-0.4, -0.2) is 38.8 Å². The van der Waals surface area contributed by atoms with Gasteiger partial charge in [0.2, 0.25) is 5.91 Å². The van der Waals surface area contributed by atoms with E-state index >= 15 is 0 Å². The molecule has 14 heavy (non-hydrogen) atoms. The fraction of sp³-hybridized carbons (Fsp3) is 0.900. The molecule has 0 aromatic carbocycles. The maximum Gasteiger partial charge on any atom is 0.233 e. The van der Waals surface area contributed by atoms with Crippen molar-refractivity contribution in [2.24, 2.45) is 0 Å². The second kappa shape index (κ2) is 6.79. The summed E-state index contributed by atoms with van der Waals surface area (Å²) >= 11 is 0. The lowest BCUT2D eigenvalue weighted by molar-refractivity contribution is -0.120. The zero-order valence-corrected chi connectivity index (χ0v) is 8.84. The van der Waals surface area contributed by atoms with Crippen LogP contribution < -0.4 is 10.6 Å². The van der Waals surface area contributed by atoms with Crippen molar-refractivity contribution < 1.29 is 9.53 Å². The quantitative estimate of drug-likeness (QED) is 0.670. The Hall–Kier alpha value is -0.610. The minimum atomic E-state index is 0.0586. The van der Waals surface area contributed by atoms with Gasteiger partial charge >= 0.3 is 0 Å². The van der Waals surface area contributed by atoms with Crippen molar-refractivity contribution in [3.8, 4) is 0 Å². The average Bonchev–Trinajstić information content (AvgIpc) is 2.20. The predicted molar refractivity (Wildman–Crippen MR) is 55.1 cm³/mol. The number of ether oxygens (including phenoxy) is 1. The van der Waals surface area contributed by atoms with Crippen molar-refractivity contribution in [3.05, 3.63) is 0 Å². The first-order valence-electron chi connectivity index (χ1n) is 5.36. The summed E-state index contributed by atoms with van der Waals surface area (Å²) < 4.78 is 5.55. The van der Waals surface area contributed by atoms with E-state index < -0.39 is 0 Å². The van der Waals surface area contributed by atoms with Crippen molar-refractivity contribution in [1.82, 2.24) is 10.6 Å². The first kappa shape index (κ1) is 11.5. The van der Waals surface area contributed by atoms with Crippen LogP contribution in [0.4, 0.5) is 0 Å². The molecule has 1 rings (SSSR count). The van der Waals surface area contributed by atoms with Crippen LogP contribution in [0, 0.1) is 0 Å². The van der Waals surface area contributed by atoms with E-state index in [4.69, 9.17) is 4.74 Å². The fourth-order valence-electron chi connectivity index (χ4n) is 1.63. The standard InChI is InChI=1S/C10H20N2O2/c1-11-8-10(13)12-6-5-9-4-2-3-7-14-9/h9,11H,2-8H2,1H3,(H,12,13). The molecule has 1 aliphatic heterocycles. The number of likely N-dealkylation sites (N-methyl/N-ethyl adjacent to an activating group) is 1. The molecule has 0 bridgehead atoms. The van der Waals surface area contributed by atoms with Gasteiger partial charge in [-0.1, -0.05) is 0 Å². The van der Waals surface area contributed by atoms with E-state index in [1.807, 2.05) is 0 Å². The summed E-state index contributed by atoms with van der Waals surface area (Å²) in [5, 5.41) is 5.66. The summed E-state index contributed by atoms with van der Waals surface area (Å²) in [6.07, 6.45) is 4.88. The highest BCUT2D eigenvalue weighted by Crippen LogP contribution is 2.14. The van der Waals surface area contributed by atoms with Gasteiger partial charge in [0.05, 0.1) is 12.6 Å². The molecule has 0 spiro atoms. The first-order chi connectivity index (χ1) is 6.83. The van der Waals surface area contributed by atoms with Gasteiger partial charge < -0.3 is 15.4 Å². The third-order valence-electron chi connectivity index (χ3n) is 2.40. The Labute approximate surface area is 85.4 Å². The summed E-state index contributed by atoms with van der Waals surface area (Å²) in [6.45, 7) is 2.01.